The molecule has 20 nitrogen and oxygen atoms in total. The molecule has 0 unspecified atom stereocenters. The van der Waals surface area contributed by atoms with Crippen molar-refractivity contribution < 1.29 is 57.7 Å². The van der Waals surface area contributed by atoms with Gasteiger partial charge in [0.2, 0.25) is 47.3 Å². The molecule has 7 atom stereocenters. The van der Waals surface area contributed by atoms with Crippen molar-refractivity contribution >= 4 is 53.2 Å². The molecule has 0 radical (unpaired) electrons. The topological polar surface area (TPSA) is 253 Å². The molecule has 5 N–H and O–H groups in total. The summed E-state index contributed by atoms with van der Waals surface area (Å²) >= 11 is 0. The number of carbonyl (C=O) groups excluding carboxylic acids is 9. The summed E-state index contributed by atoms with van der Waals surface area (Å²) in [7, 11) is 7.12. The van der Waals surface area contributed by atoms with Crippen LogP contribution in [0.4, 0.5) is 0 Å². The third-order valence-electron chi connectivity index (χ3n) is 10.9. The molecule has 67 heavy (non-hydrogen) atoms. The summed E-state index contributed by atoms with van der Waals surface area (Å²) in [5, 5.41) is 21.6. The number of rotatable bonds is 27. The predicted octanol–water partition coefficient (Wildman–Crippen LogP) is 1.60. The lowest BCUT2D eigenvalue weighted by Gasteiger charge is -2.38. The summed E-state index contributed by atoms with van der Waals surface area (Å²) in [6.45, 7) is 22.7. The normalized spacial score (nSPS) is 15.0. The van der Waals surface area contributed by atoms with Gasteiger partial charge in [-0.15, -0.1) is 0 Å². The number of carbonyl (C=O) groups is 9. The van der Waals surface area contributed by atoms with Gasteiger partial charge in [0.1, 0.15) is 54.5 Å². The molecule has 386 valence electrons. The monoisotopic (exact) mass is 955 g/mol. The standard InChI is InChI=1S/C47H86N8O12/c1-20-21-36(56)52(16)35(25-66-26-37(57)67-46(10,11)12)44(63)55(19)34(24-47(13,14)65)42(61)51-38(29(6)7)45(64)54(18)33(23-28(4)5)41(60)49-30(8)39(58)50-31(9)43(62)53(17)32(22-27(2)3)40(59)48-15/h27-35,38,65H,20-26H2,1-19H3,(H,48,59)(H,49,60)(H,50,58)(H,51,61)/t30-,31-,32+,33+,34+,35-,38+/m1/s1. The van der Waals surface area contributed by atoms with Gasteiger partial charge in [-0.3, -0.25) is 38.4 Å². The minimum absolute atomic E-state index is 0.0996. The molecule has 0 aromatic heterocycles. The average Bonchev–Trinajstić information content (AvgIpc) is 3.20. The van der Waals surface area contributed by atoms with Gasteiger partial charge in [0.15, 0.2) is 0 Å². The average molecular weight is 955 g/mol. The summed E-state index contributed by atoms with van der Waals surface area (Å²) in [4.78, 5) is 127. The molecule has 0 aliphatic heterocycles. The maximum Gasteiger partial charge on any atom is 0.332 e. The Morgan fingerprint density at radius 3 is 1.49 bits per heavy atom. The highest BCUT2D eigenvalue weighted by Gasteiger charge is 2.41. The zero-order valence-electron chi connectivity index (χ0n) is 44.0. The van der Waals surface area contributed by atoms with E-state index in [1.54, 1.807) is 41.5 Å². The number of ether oxygens (including phenoxy) is 2. The molecule has 8 amide bonds. The molecule has 0 spiro atoms. The Morgan fingerprint density at radius 1 is 0.582 bits per heavy atom. The van der Waals surface area contributed by atoms with Crippen molar-refractivity contribution in [2.75, 3.05) is 48.5 Å². The van der Waals surface area contributed by atoms with E-state index in [-0.39, 0.29) is 42.9 Å². The van der Waals surface area contributed by atoms with Crippen LogP contribution in [0.1, 0.15) is 129 Å². The van der Waals surface area contributed by atoms with Gasteiger partial charge in [0.05, 0.1) is 12.2 Å². The zero-order chi connectivity index (χ0) is 52.5. The number of esters is 1. The molecule has 20 heteroatoms. The van der Waals surface area contributed by atoms with E-state index in [0.717, 1.165) is 4.90 Å². The second kappa shape index (κ2) is 27.8. The second-order valence-electron chi connectivity index (χ2n) is 20.3. The minimum atomic E-state index is -1.51. The van der Waals surface area contributed by atoms with Gasteiger partial charge in [-0.05, 0) is 85.5 Å². The smallest absolute Gasteiger partial charge is 0.332 e. The number of amides is 8. The number of hydrogen-bond donors (Lipinski definition) is 5. The van der Waals surface area contributed by atoms with E-state index < -0.39 is 114 Å². The van der Waals surface area contributed by atoms with E-state index in [9.17, 15) is 48.3 Å². The van der Waals surface area contributed by atoms with Gasteiger partial charge in [-0.1, -0.05) is 48.5 Å². The fraction of sp³-hybridized carbons (Fsp3) is 0.809. The van der Waals surface area contributed by atoms with Crippen LogP contribution in [0.15, 0.2) is 0 Å². The second-order valence-corrected chi connectivity index (χ2v) is 20.3. The maximum absolute atomic E-state index is 14.4. The van der Waals surface area contributed by atoms with Gasteiger partial charge in [0.25, 0.3) is 0 Å². The van der Waals surface area contributed by atoms with Crippen molar-refractivity contribution in [1.29, 1.82) is 0 Å². The van der Waals surface area contributed by atoms with E-state index in [0.29, 0.717) is 12.8 Å². The first-order valence-corrected chi connectivity index (χ1v) is 23.3. The fourth-order valence-corrected chi connectivity index (χ4v) is 7.12. The molecular formula is C47H86N8O12. The van der Waals surface area contributed by atoms with Crippen molar-refractivity contribution in [2.45, 2.75) is 183 Å². The van der Waals surface area contributed by atoms with Crippen LogP contribution in [0, 0.1) is 17.8 Å². The molecule has 0 heterocycles. The van der Waals surface area contributed by atoms with Crippen LogP contribution in [0.25, 0.3) is 0 Å². The summed E-state index contributed by atoms with van der Waals surface area (Å²) in [6.07, 6.45) is 0.859. The number of likely N-dealkylation sites (N-methyl/N-ethyl adjacent to an activating group) is 5. The van der Waals surface area contributed by atoms with Gasteiger partial charge in [-0.2, -0.15) is 0 Å². The van der Waals surface area contributed by atoms with Crippen LogP contribution in [0.5, 0.6) is 0 Å². The van der Waals surface area contributed by atoms with E-state index in [2.05, 4.69) is 21.3 Å². The Balaban J connectivity index is 6.55. The van der Waals surface area contributed by atoms with Crippen LogP contribution in [-0.4, -0.2) is 180 Å². The molecular weight excluding hydrogens is 869 g/mol. The van der Waals surface area contributed by atoms with Crippen molar-refractivity contribution in [2.24, 2.45) is 17.8 Å². The molecule has 0 aliphatic rings. The summed E-state index contributed by atoms with van der Waals surface area (Å²) in [5.74, 6) is -6.02. The Hall–Kier alpha value is -4.85. The Morgan fingerprint density at radius 2 is 1.04 bits per heavy atom. The lowest BCUT2D eigenvalue weighted by Crippen LogP contribution is -2.61. The number of hydrogen-bond acceptors (Lipinski definition) is 12. The number of aliphatic hydroxyl groups is 1. The Kier molecular flexibility index (Phi) is 25.8. The maximum atomic E-state index is 14.4. The minimum Gasteiger partial charge on any atom is -0.458 e. The van der Waals surface area contributed by atoms with Crippen molar-refractivity contribution in [3.63, 3.8) is 0 Å². The van der Waals surface area contributed by atoms with Crippen LogP contribution in [0.3, 0.4) is 0 Å². The first kappa shape index (κ1) is 62.1. The fourth-order valence-electron chi connectivity index (χ4n) is 7.12. The Labute approximate surface area is 399 Å². The highest BCUT2D eigenvalue weighted by Crippen LogP contribution is 2.21. The Bertz CT molecular complexity index is 1690. The van der Waals surface area contributed by atoms with Crippen molar-refractivity contribution in [1.82, 2.24) is 40.9 Å². The van der Waals surface area contributed by atoms with Crippen LogP contribution in [-0.2, 0) is 52.6 Å². The molecule has 0 rings (SSSR count). The molecule has 0 aromatic rings. The largest absolute Gasteiger partial charge is 0.458 e. The quantitative estimate of drug-likeness (QED) is 0.0737. The summed E-state index contributed by atoms with van der Waals surface area (Å²) < 4.78 is 10.9. The highest BCUT2D eigenvalue weighted by molar-refractivity contribution is 5.97. The van der Waals surface area contributed by atoms with Gasteiger partial charge in [-0.25, -0.2) is 4.79 Å². The molecule has 0 saturated heterocycles. The van der Waals surface area contributed by atoms with Crippen LogP contribution >= 0.6 is 0 Å². The molecule has 0 saturated carbocycles. The first-order valence-electron chi connectivity index (χ1n) is 23.3. The highest BCUT2D eigenvalue weighted by atomic mass is 16.6. The molecule has 0 aromatic carbocycles. The summed E-state index contributed by atoms with van der Waals surface area (Å²) in [6, 6.07) is -8.01. The van der Waals surface area contributed by atoms with Gasteiger partial charge in [0, 0.05) is 48.1 Å². The van der Waals surface area contributed by atoms with Crippen molar-refractivity contribution in [3.8, 4) is 0 Å². The lowest BCUT2D eigenvalue weighted by molar-refractivity contribution is -0.162. The van der Waals surface area contributed by atoms with Gasteiger partial charge >= 0.3 is 5.97 Å². The zero-order valence-corrected chi connectivity index (χ0v) is 44.0. The molecule has 0 fully saturated rings. The van der Waals surface area contributed by atoms with E-state index in [1.165, 1.54) is 77.6 Å². The third kappa shape index (κ3) is 21.3. The van der Waals surface area contributed by atoms with E-state index in [1.807, 2.05) is 27.7 Å². The van der Waals surface area contributed by atoms with Gasteiger partial charge < -0.3 is 55.4 Å². The SMILES string of the molecule is CCCC(=O)N(C)[C@H](COCC(=O)OC(C)(C)C)C(=O)N(C)[C@@H](CC(C)(C)O)C(=O)N[C@H](C(=O)N(C)[C@@H](CC(C)C)C(=O)N[C@H](C)C(=O)N[C@H](C)C(=O)N(C)[C@@H](CC(C)C)C(=O)NC)C(C)C. The molecule has 0 bridgehead atoms. The van der Waals surface area contributed by atoms with E-state index in [4.69, 9.17) is 9.47 Å². The summed E-state index contributed by atoms with van der Waals surface area (Å²) in [5.41, 5.74) is -2.30. The number of nitrogens with one attached hydrogen (secondary N) is 4. The first-order chi connectivity index (χ1) is 30.6. The third-order valence-corrected chi connectivity index (χ3v) is 10.9. The van der Waals surface area contributed by atoms with Crippen molar-refractivity contribution in [3.05, 3.63) is 0 Å². The van der Waals surface area contributed by atoms with Crippen LogP contribution < -0.4 is 21.3 Å². The lowest BCUT2D eigenvalue weighted by atomic mass is 9.95. The predicted molar refractivity (Wildman–Crippen MR) is 254 cm³/mol. The molecule has 0 aliphatic carbocycles. The number of nitrogens with zero attached hydrogens (tertiary/aromatic N) is 4. The van der Waals surface area contributed by atoms with Crippen LogP contribution in [0.2, 0.25) is 0 Å². The van der Waals surface area contributed by atoms with E-state index >= 15 is 0 Å².